The van der Waals surface area contributed by atoms with Gasteiger partial charge < -0.3 is 5.11 Å². The number of halogens is 3. The van der Waals surface area contributed by atoms with Crippen LogP contribution in [0.15, 0.2) is 18.2 Å². The van der Waals surface area contributed by atoms with Crippen LogP contribution < -0.4 is 0 Å². The normalized spacial score (nSPS) is 23.5. The number of carbonyl (C=O) groups is 1. The van der Waals surface area contributed by atoms with Gasteiger partial charge in [-0.15, -0.1) is 0 Å². The van der Waals surface area contributed by atoms with Gasteiger partial charge in [-0.3, -0.25) is 4.79 Å². The van der Waals surface area contributed by atoms with Gasteiger partial charge in [0.25, 0.3) is 0 Å². The summed E-state index contributed by atoms with van der Waals surface area (Å²) >= 11 is 0. The minimum atomic E-state index is -4.38. The molecule has 0 aliphatic heterocycles. The number of aryl methyl sites for hydroxylation is 1. The Hall–Kier alpha value is -1.52. The van der Waals surface area contributed by atoms with Crippen LogP contribution in [0.3, 0.4) is 0 Å². The highest BCUT2D eigenvalue weighted by Crippen LogP contribution is 2.48. The van der Waals surface area contributed by atoms with E-state index < -0.39 is 23.6 Å². The van der Waals surface area contributed by atoms with Gasteiger partial charge in [0.2, 0.25) is 0 Å². The van der Waals surface area contributed by atoms with Crippen LogP contribution in [0.1, 0.15) is 29.0 Å². The zero-order chi connectivity index (χ0) is 12.8. The molecule has 0 unspecified atom stereocenters. The van der Waals surface area contributed by atoms with Crippen molar-refractivity contribution in [2.75, 3.05) is 0 Å². The van der Waals surface area contributed by atoms with Crippen molar-refractivity contribution < 1.29 is 23.1 Å². The lowest BCUT2D eigenvalue weighted by atomic mass is 10.0. The van der Waals surface area contributed by atoms with Gasteiger partial charge in [0.1, 0.15) is 0 Å². The summed E-state index contributed by atoms with van der Waals surface area (Å²) in [7, 11) is 0. The summed E-state index contributed by atoms with van der Waals surface area (Å²) in [6, 6.07) is 4.05. The Morgan fingerprint density at radius 1 is 1.41 bits per heavy atom. The van der Waals surface area contributed by atoms with E-state index in [1.807, 2.05) is 0 Å². The smallest absolute Gasteiger partial charge is 0.416 e. The molecule has 0 radical (unpaired) electrons. The highest BCUT2D eigenvalue weighted by molar-refractivity contribution is 5.75. The van der Waals surface area contributed by atoms with Crippen LogP contribution >= 0.6 is 0 Å². The number of rotatable bonds is 2. The topological polar surface area (TPSA) is 37.3 Å². The minimum absolute atomic E-state index is 0.161. The molecule has 92 valence electrons. The summed E-state index contributed by atoms with van der Waals surface area (Å²) in [6.07, 6.45) is -3.95. The second-order valence-corrected chi connectivity index (χ2v) is 4.36. The summed E-state index contributed by atoms with van der Waals surface area (Å²) in [4.78, 5) is 10.7. The third-order valence-electron chi connectivity index (χ3n) is 3.10. The van der Waals surface area contributed by atoms with Gasteiger partial charge in [-0.2, -0.15) is 13.2 Å². The van der Waals surface area contributed by atoms with E-state index in [0.717, 1.165) is 6.07 Å². The Labute approximate surface area is 96.1 Å². The molecule has 0 aromatic heterocycles. The Morgan fingerprint density at radius 3 is 2.53 bits per heavy atom. The van der Waals surface area contributed by atoms with Gasteiger partial charge in [-0.25, -0.2) is 0 Å². The molecule has 1 aromatic rings. The Morgan fingerprint density at radius 2 is 2.06 bits per heavy atom. The molecule has 1 fully saturated rings. The highest BCUT2D eigenvalue weighted by atomic mass is 19.4. The van der Waals surface area contributed by atoms with Crippen LogP contribution in [0.5, 0.6) is 0 Å². The van der Waals surface area contributed by atoms with Crippen molar-refractivity contribution in [3.63, 3.8) is 0 Å². The first-order chi connectivity index (χ1) is 7.80. The van der Waals surface area contributed by atoms with E-state index in [0.29, 0.717) is 12.0 Å². The molecule has 0 heterocycles. The lowest BCUT2D eigenvalue weighted by Gasteiger charge is -2.11. The molecular formula is C12H11F3O2. The van der Waals surface area contributed by atoms with Crippen molar-refractivity contribution in [2.24, 2.45) is 5.92 Å². The first kappa shape index (κ1) is 12.0. The molecule has 2 atom stereocenters. The Balaban J connectivity index is 2.30. The predicted octanol–water partition coefficient (Wildman–Crippen LogP) is 3.20. The summed E-state index contributed by atoms with van der Waals surface area (Å²) in [5.74, 6) is -1.74. The Bertz CT molecular complexity index is 465. The third-order valence-corrected chi connectivity index (χ3v) is 3.10. The monoisotopic (exact) mass is 244 g/mol. The Kier molecular flexibility index (Phi) is 2.64. The largest absolute Gasteiger partial charge is 0.481 e. The lowest BCUT2D eigenvalue weighted by Crippen LogP contribution is -2.08. The summed E-state index contributed by atoms with van der Waals surface area (Å²) in [6.45, 7) is 1.40. The number of carboxylic acid groups (broad SMARTS) is 1. The molecule has 1 aromatic carbocycles. The first-order valence-electron chi connectivity index (χ1n) is 5.21. The van der Waals surface area contributed by atoms with Crippen LogP contribution in [0.2, 0.25) is 0 Å². The third kappa shape index (κ3) is 2.28. The summed E-state index contributed by atoms with van der Waals surface area (Å²) in [5, 5.41) is 8.75. The summed E-state index contributed by atoms with van der Waals surface area (Å²) < 4.78 is 38.0. The molecule has 0 bridgehead atoms. The molecule has 0 amide bonds. The zero-order valence-corrected chi connectivity index (χ0v) is 9.08. The average molecular weight is 244 g/mol. The van der Waals surface area contributed by atoms with E-state index in [1.165, 1.54) is 13.0 Å². The van der Waals surface area contributed by atoms with Crippen molar-refractivity contribution in [3.8, 4) is 0 Å². The maximum absolute atomic E-state index is 12.7. The van der Waals surface area contributed by atoms with Crippen LogP contribution in [0.4, 0.5) is 13.2 Å². The van der Waals surface area contributed by atoms with Gasteiger partial charge in [-0.05, 0) is 36.5 Å². The van der Waals surface area contributed by atoms with Gasteiger partial charge >= 0.3 is 12.1 Å². The molecule has 0 spiro atoms. The van der Waals surface area contributed by atoms with E-state index in [2.05, 4.69) is 0 Å². The fourth-order valence-electron chi connectivity index (χ4n) is 2.01. The zero-order valence-electron chi connectivity index (χ0n) is 9.08. The molecule has 0 saturated heterocycles. The van der Waals surface area contributed by atoms with Gasteiger partial charge in [0.05, 0.1) is 11.5 Å². The van der Waals surface area contributed by atoms with E-state index in [1.54, 1.807) is 6.07 Å². The molecule has 1 saturated carbocycles. The number of carboxylic acids is 1. The minimum Gasteiger partial charge on any atom is -0.481 e. The number of hydrogen-bond acceptors (Lipinski definition) is 1. The second-order valence-electron chi connectivity index (χ2n) is 4.36. The average Bonchev–Trinajstić information content (AvgIpc) is 2.96. The fraction of sp³-hybridized carbons (Fsp3) is 0.417. The highest BCUT2D eigenvalue weighted by Gasteiger charge is 2.45. The number of benzene rings is 1. The maximum atomic E-state index is 12.7. The fourth-order valence-corrected chi connectivity index (χ4v) is 2.01. The summed E-state index contributed by atoms with van der Waals surface area (Å²) in [5.41, 5.74) is -0.0462. The quantitative estimate of drug-likeness (QED) is 0.867. The van der Waals surface area contributed by atoms with Crippen molar-refractivity contribution in [2.45, 2.75) is 25.4 Å². The van der Waals surface area contributed by atoms with Crippen LogP contribution in [-0.4, -0.2) is 11.1 Å². The molecule has 5 heteroatoms. The molecule has 1 aliphatic carbocycles. The number of alkyl halides is 3. The van der Waals surface area contributed by atoms with E-state index in [4.69, 9.17) is 5.11 Å². The molecule has 1 N–H and O–H groups in total. The maximum Gasteiger partial charge on any atom is 0.416 e. The van der Waals surface area contributed by atoms with Crippen molar-refractivity contribution in [1.29, 1.82) is 0 Å². The van der Waals surface area contributed by atoms with Crippen molar-refractivity contribution >= 4 is 5.97 Å². The molecule has 2 nitrogen and oxygen atoms in total. The van der Waals surface area contributed by atoms with Crippen LogP contribution in [0.25, 0.3) is 0 Å². The standard InChI is InChI=1S/C12H11F3O2/c1-6-2-3-7(4-10(6)12(13,14)15)8-5-9(8)11(16)17/h2-4,8-9H,5H2,1H3,(H,16,17)/t8-,9+/m0/s1. The van der Waals surface area contributed by atoms with Crippen LogP contribution in [0, 0.1) is 12.8 Å². The SMILES string of the molecule is Cc1ccc([C@@H]2C[C@H]2C(=O)O)cc1C(F)(F)F. The van der Waals surface area contributed by atoms with Gasteiger partial charge in [-0.1, -0.05) is 12.1 Å². The second kappa shape index (κ2) is 3.75. The molecule has 2 rings (SSSR count). The lowest BCUT2D eigenvalue weighted by molar-refractivity contribution is -0.139. The van der Waals surface area contributed by atoms with Crippen LogP contribution in [-0.2, 0) is 11.0 Å². The van der Waals surface area contributed by atoms with E-state index >= 15 is 0 Å². The van der Waals surface area contributed by atoms with E-state index in [9.17, 15) is 18.0 Å². The molecule has 1 aliphatic rings. The number of aliphatic carboxylic acids is 1. The predicted molar refractivity (Wildman–Crippen MR) is 54.7 cm³/mol. The van der Waals surface area contributed by atoms with Gasteiger partial charge in [0.15, 0.2) is 0 Å². The molecular weight excluding hydrogens is 233 g/mol. The number of hydrogen-bond donors (Lipinski definition) is 1. The van der Waals surface area contributed by atoms with Crippen molar-refractivity contribution in [3.05, 3.63) is 34.9 Å². The first-order valence-corrected chi connectivity index (χ1v) is 5.21. The van der Waals surface area contributed by atoms with E-state index in [-0.39, 0.29) is 11.5 Å². The van der Waals surface area contributed by atoms with Crippen molar-refractivity contribution in [1.82, 2.24) is 0 Å². The van der Waals surface area contributed by atoms with Gasteiger partial charge in [0, 0.05) is 0 Å². The molecule has 17 heavy (non-hydrogen) atoms.